The van der Waals surface area contributed by atoms with Gasteiger partial charge in [0.2, 0.25) is 0 Å². The lowest BCUT2D eigenvalue weighted by molar-refractivity contribution is -0.110. The first-order valence-electron chi connectivity index (χ1n) is 10.8. The van der Waals surface area contributed by atoms with Crippen LogP contribution < -0.4 is 5.32 Å². The van der Waals surface area contributed by atoms with E-state index in [2.05, 4.69) is 41.2 Å². The molecule has 0 bridgehead atoms. The number of rotatable bonds is 8. The first-order chi connectivity index (χ1) is 15.3. The van der Waals surface area contributed by atoms with E-state index >= 15 is 0 Å². The number of aromatic nitrogens is 1. The van der Waals surface area contributed by atoms with Gasteiger partial charge in [0.05, 0.1) is 10.5 Å². The lowest BCUT2D eigenvalue weighted by Gasteiger charge is -2.17. The monoisotopic (exact) mass is 453 g/mol. The van der Waals surface area contributed by atoms with Crippen molar-refractivity contribution in [1.29, 1.82) is 0 Å². The number of anilines is 1. The maximum absolute atomic E-state index is 12.5. The predicted octanol–water partition coefficient (Wildman–Crippen LogP) is 4.18. The summed E-state index contributed by atoms with van der Waals surface area (Å²) in [6.45, 7) is 7.56. The molecule has 3 aromatic rings. The lowest BCUT2D eigenvalue weighted by Crippen LogP contribution is -2.24. The van der Waals surface area contributed by atoms with Crippen LogP contribution in [0.3, 0.4) is 0 Å². The molecular formula is C24H27N3O4S. The highest BCUT2D eigenvalue weighted by Gasteiger charge is 2.26. The van der Waals surface area contributed by atoms with Crippen LogP contribution in [0.2, 0.25) is 0 Å². The number of benzene rings is 2. The number of aromatic amines is 1. The minimum Gasteiger partial charge on any atom is -0.355 e. The van der Waals surface area contributed by atoms with Gasteiger partial charge in [-0.2, -0.15) is 8.42 Å². The zero-order valence-electron chi connectivity index (χ0n) is 18.2. The zero-order valence-corrected chi connectivity index (χ0v) is 19.0. The van der Waals surface area contributed by atoms with Crippen LogP contribution >= 0.6 is 0 Å². The number of aryl methyl sites for hydroxylation is 1. The highest BCUT2D eigenvalue weighted by atomic mass is 32.2. The molecule has 3 N–H and O–H groups in total. The Morgan fingerprint density at radius 1 is 1.06 bits per heavy atom. The minimum atomic E-state index is -4.36. The molecule has 2 aromatic carbocycles. The number of hydrogen-bond acceptors (Lipinski definition) is 4. The second-order valence-corrected chi connectivity index (χ2v) is 9.39. The van der Waals surface area contributed by atoms with Crippen molar-refractivity contribution in [2.45, 2.75) is 31.6 Å². The van der Waals surface area contributed by atoms with Crippen LogP contribution in [0.15, 0.2) is 47.4 Å². The number of fused-ring (bicyclic) bond motifs is 2. The van der Waals surface area contributed by atoms with E-state index in [9.17, 15) is 17.8 Å². The van der Waals surface area contributed by atoms with Crippen LogP contribution in [0.5, 0.6) is 0 Å². The van der Waals surface area contributed by atoms with Gasteiger partial charge in [0.1, 0.15) is 0 Å². The van der Waals surface area contributed by atoms with Crippen LogP contribution in [0.4, 0.5) is 5.69 Å². The van der Waals surface area contributed by atoms with E-state index in [0.29, 0.717) is 16.8 Å². The van der Waals surface area contributed by atoms with Gasteiger partial charge < -0.3 is 15.2 Å². The maximum atomic E-state index is 12.5. The van der Waals surface area contributed by atoms with Crippen LogP contribution in [0, 0.1) is 0 Å². The standard InChI is InChI=1S/C24H27N3O4S/c1-3-27(4-2)11-5-6-16-7-9-22-17(12-16)13-18(25-22)14-21-20-15-19(32(29,30)31)8-10-23(20)26-24(21)28/h7-10,12-15,25H,3-6,11H2,1-2H3,(H,26,28)(H,29,30,31). The van der Waals surface area contributed by atoms with Crippen molar-refractivity contribution in [3.8, 4) is 0 Å². The molecule has 0 saturated carbocycles. The molecule has 0 fully saturated rings. The third-order valence-corrected chi connectivity index (χ3v) is 6.76. The van der Waals surface area contributed by atoms with Gasteiger partial charge in [0, 0.05) is 27.8 Å². The molecule has 0 atom stereocenters. The summed E-state index contributed by atoms with van der Waals surface area (Å²) < 4.78 is 32.3. The van der Waals surface area contributed by atoms with Gasteiger partial charge in [-0.15, -0.1) is 0 Å². The average Bonchev–Trinajstić information content (AvgIpc) is 3.30. The van der Waals surface area contributed by atoms with Crippen molar-refractivity contribution in [3.63, 3.8) is 0 Å². The summed E-state index contributed by atoms with van der Waals surface area (Å²) in [7, 11) is -4.36. The molecule has 2 heterocycles. The Morgan fingerprint density at radius 3 is 2.56 bits per heavy atom. The number of amides is 1. The van der Waals surface area contributed by atoms with Crippen LogP contribution in [-0.2, 0) is 21.3 Å². The maximum Gasteiger partial charge on any atom is 0.294 e. The predicted molar refractivity (Wildman–Crippen MR) is 127 cm³/mol. The Kier molecular flexibility index (Phi) is 6.19. The molecule has 4 rings (SSSR count). The second kappa shape index (κ2) is 8.90. The summed E-state index contributed by atoms with van der Waals surface area (Å²) in [6, 6.07) is 12.4. The number of carbonyl (C=O) groups excluding carboxylic acids is 1. The lowest BCUT2D eigenvalue weighted by atomic mass is 10.1. The summed E-state index contributed by atoms with van der Waals surface area (Å²) in [6.07, 6.45) is 3.80. The van der Waals surface area contributed by atoms with Crippen molar-refractivity contribution in [1.82, 2.24) is 9.88 Å². The number of carbonyl (C=O) groups is 1. The third-order valence-electron chi connectivity index (χ3n) is 5.91. The molecule has 7 nitrogen and oxygen atoms in total. The van der Waals surface area contributed by atoms with Gasteiger partial charge in [0.15, 0.2) is 0 Å². The molecule has 1 amide bonds. The quantitative estimate of drug-likeness (QED) is 0.351. The Labute approximate surface area is 187 Å². The fraction of sp³-hybridized carbons (Fsp3) is 0.292. The van der Waals surface area contributed by atoms with Crippen LogP contribution in [0.25, 0.3) is 22.6 Å². The number of nitrogens with zero attached hydrogens (tertiary/aromatic N) is 1. The smallest absolute Gasteiger partial charge is 0.294 e. The highest BCUT2D eigenvalue weighted by molar-refractivity contribution is 7.85. The molecule has 0 spiro atoms. The topological polar surface area (TPSA) is 103 Å². The van der Waals surface area contributed by atoms with Crippen molar-refractivity contribution in [3.05, 3.63) is 59.3 Å². The highest BCUT2D eigenvalue weighted by Crippen LogP contribution is 2.35. The first kappa shape index (κ1) is 22.3. The number of H-pyrrole nitrogens is 1. The molecular weight excluding hydrogens is 426 g/mol. The van der Waals surface area contributed by atoms with Crippen molar-refractivity contribution < 1.29 is 17.8 Å². The Bertz CT molecular complexity index is 1300. The molecule has 168 valence electrons. The van der Waals surface area contributed by atoms with Gasteiger partial charge in [0.25, 0.3) is 16.0 Å². The van der Waals surface area contributed by atoms with Gasteiger partial charge in [-0.1, -0.05) is 19.9 Å². The van der Waals surface area contributed by atoms with E-state index in [1.165, 1.54) is 23.8 Å². The molecule has 0 saturated heterocycles. The minimum absolute atomic E-state index is 0.246. The van der Waals surface area contributed by atoms with Crippen LogP contribution in [-0.4, -0.2) is 48.4 Å². The summed E-state index contributed by atoms with van der Waals surface area (Å²) in [4.78, 5) is 18.0. The molecule has 32 heavy (non-hydrogen) atoms. The van der Waals surface area contributed by atoms with E-state index in [0.717, 1.165) is 49.1 Å². The third kappa shape index (κ3) is 4.62. The van der Waals surface area contributed by atoms with Crippen molar-refractivity contribution in [2.75, 3.05) is 25.0 Å². The SMILES string of the molecule is CCN(CC)CCCc1ccc2[nH]c(C=C3C(=O)Nc4ccc(S(=O)(=O)O)cc43)cc2c1. The fourth-order valence-electron chi connectivity index (χ4n) is 4.11. The van der Waals surface area contributed by atoms with Gasteiger partial charge in [-0.05, 0) is 80.5 Å². The largest absolute Gasteiger partial charge is 0.355 e. The summed E-state index contributed by atoms with van der Waals surface area (Å²) >= 11 is 0. The van der Waals surface area contributed by atoms with Gasteiger partial charge >= 0.3 is 0 Å². The molecule has 8 heteroatoms. The normalized spacial score (nSPS) is 15.0. The Hall–Kier alpha value is -2.94. The van der Waals surface area contributed by atoms with E-state index in [1.807, 2.05) is 12.1 Å². The van der Waals surface area contributed by atoms with Crippen LogP contribution in [0.1, 0.15) is 37.1 Å². The second-order valence-electron chi connectivity index (χ2n) is 7.97. The zero-order chi connectivity index (χ0) is 22.9. The van der Waals surface area contributed by atoms with Gasteiger partial charge in [-0.25, -0.2) is 0 Å². The fourth-order valence-corrected chi connectivity index (χ4v) is 4.62. The summed E-state index contributed by atoms with van der Waals surface area (Å²) in [5.74, 6) is -0.316. The molecule has 0 unspecified atom stereocenters. The van der Waals surface area contributed by atoms with E-state index < -0.39 is 10.1 Å². The number of nitrogens with one attached hydrogen (secondary N) is 2. The molecule has 1 aliphatic rings. The van der Waals surface area contributed by atoms with Gasteiger partial charge in [-0.3, -0.25) is 9.35 Å². The van der Waals surface area contributed by atoms with Crippen molar-refractivity contribution >= 4 is 44.3 Å². The van der Waals surface area contributed by atoms with Crippen molar-refractivity contribution in [2.24, 2.45) is 0 Å². The Balaban J connectivity index is 1.59. The Morgan fingerprint density at radius 2 is 1.84 bits per heavy atom. The summed E-state index contributed by atoms with van der Waals surface area (Å²) in [5, 5.41) is 3.79. The summed E-state index contributed by atoms with van der Waals surface area (Å²) in [5.41, 5.74) is 4.28. The molecule has 0 aliphatic carbocycles. The molecule has 1 aromatic heterocycles. The average molecular weight is 454 g/mol. The van der Waals surface area contributed by atoms with E-state index in [-0.39, 0.29) is 10.8 Å². The van der Waals surface area contributed by atoms with E-state index in [1.54, 1.807) is 6.08 Å². The molecule has 1 aliphatic heterocycles. The number of hydrogen-bond donors (Lipinski definition) is 3. The van der Waals surface area contributed by atoms with E-state index in [4.69, 9.17) is 0 Å². The first-order valence-corrected chi connectivity index (χ1v) is 12.2. The molecule has 0 radical (unpaired) electrons.